The van der Waals surface area contributed by atoms with E-state index in [0.29, 0.717) is 42.8 Å². The largest absolute Gasteiger partial charge is 0.497 e. The van der Waals surface area contributed by atoms with Crippen LogP contribution >= 0.6 is 11.6 Å². The van der Waals surface area contributed by atoms with Crippen LogP contribution in [0.3, 0.4) is 0 Å². The van der Waals surface area contributed by atoms with E-state index in [2.05, 4.69) is 5.32 Å². The maximum Gasteiger partial charge on any atom is 0.264 e. The molecule has 1 N–H and O–H groups in total. The van der Waals surface area contributed by atoms with Gasteiger partial charge < -0.3 is 24.3 Å². The fourth-order valence-electron chi connectivity index (χ4n) is 4.56. The molecule has 0 spiro atoms. The molecule has 12 nitrogen and oxygen atoms in total. The number of nitrogens with one attached hydrogen (secondary N) is 1. The average molecular weight is 652 g/mol. The summed E-state index contributed by atoms with van der Waals surface area (Å²) in [4.78, 5) is 13.2. The van der Waals surface area contributed by atoms with E-state index in [4.69, 9.17) is 30.5 Å². The van der Waals surface area contributed by atoms with E-state index >= 15 is 0 Å². The van der Waals surface area contributed by atoms with Crippen LogP contribution in [0.4, 0.5) is 5.69 Å². The van der Waals surface area contributed by atoms with Crippen LogP contribution in [0.2, 0.25) is 5.02 Å². The third-order valence-corrected chi connectivity index (χ3v) is 10.8. The van der Waals surface area contributed by atoms with Gasteiger partial charge in [0.05, 0.1) is 48.9 Å². The molecule has 2 aliphatic rings. The number of sulfonamides is 2. The molecule has 1 atom stereocenters. The summed E-state index contributed by atoms with van der Waals surface area (Å²) in [6.07, 6.45) is -1.15. The number of benzene rings is 3. The Kier molecular flexibility index (Phi) is 9.32. The van der Waals surface area contributed by atoms with E-state index in [1.54, 1.807) is 18.2 Å². The van der Waals surface area contributed by atoms with Crippen molar-refractivity contribution in [1.82, 2.24) is 9.62 Å². The van der Waals surface area contributed by atoms with Gasteiger partial charge in [0.2, 0.25) is 10.0 Å². The number of methoxy groups -OCH3 is 1. The Morgan fingerprint density at radius 1 is 0.930 bits per heavy atom. The SMILES string of the molecule is COc1ccc(S(=O)(=O)N2CC(C(=O)NCCOc3ccc(S(=O)(=O)N4CCOCC4)cc3)Oc3ccc(Cl)cc32)cc1. The molecule has 0 bridgehead atoms. The maximum atomic E-state index is 13.6. The van der Waals surface area contributed by atoms with Gasteiger partial charge in [-0.05, 0) is 66.7 Å². The number of halogens is 1. The number of hydrogen-bond donors (Lipinski definition) is 1. The highest BCUT2D eigenvalue weighted by atomic mass is 35.5. The molecule has 3 aromatic rings. The Labute approximate surface area is 255 Å². The van der Waals surface area contributed by atoms with Crippen molar-refractivity contribution >= 4 is 43.2 Å². The fraction of sp³-hybridized carbons (Fsp3) is 0.321. The maximum absolute atomic E-state index is 13.6. The van der Waals surface area contributed by atoms with E-state index < -0.39 is 32.1 Å². The summed E-state index contributed by atoms with van der Waals surface area (Å²) in [7, 11) is -6.22. The molecular weight excluding hydrogens is 622 g/mol. The molecule has 43 heavy (non-hydrogen) atoms. The van der Waals surface area contributed by atoms with Gasteiger partial charge in [-0.2, -0.15) is 4.31 Å². The molecule has 0 radical (unpaired) electrons. The lowest BCUT2D eigenvalue weighted by Crippen LogP contribution is -2.51. The van der Waals surface area contributed by atoms with Crippen LogP contribution in [0.1, 0.15) is 0 Å². The molecule has 230 valence electrons. The van der Waals surface area contributed by atoms with Crippen LogP contribution in [0.15, 0.2) is 76.5 Å². The number of carbonyl (C=O) groups excluding carboxylic acids is 1. The van der Waals surface area contributed by atoms with E-state index in [1.165, 1.54) is 59.9 Å². The molecule has 1 saturated heterocycles. The summed E-state index contributed by atoms with van der Waals surface area (Å²) >= 11 is 6.15. The first-order valence-electron chi connectivity index (χ1n) is 13.3. The normalized spacial score (nSPS) is 17.4. The first kappa shape index (κ1) is 30.9. The number of amides is 1. The van der Waals surface area contributed by atoms with Crippen LogP contribution in [-0.2, 0) is 29.6 Å². The van der Waals surface area contributed by atoms with E-state index in [0.717, 1.165) is 4.31 Å². The number of ether oxygens (including phenoxy) is 4. The minimum Gasteiger partial charge on any atom is -0.497 e. The molecule has 0 aromatic heterocycles. The Balaban J connectivity index is 1.20. The summed E-state index contributed by atoms with van der Waals surface area (Å²) in [6.45, 7) is 1.20. The zero-order chi connectivity index (χ0) is 30.6. The van der Waals surface area contributed by atoms with Gasteiger partial charge in [0.15, 0.2) is 6.10 Å². The van der Waals surface area contributed by atoms with Gasteiger partial charge in [-0.3, -0.25) is 9.10 Å². The molecular formula is C28H30ClN3O9S2. The number of nitrogens with zero attached hydrogens (tertiary/aromatic N) is 2. The van der Waals surface area contributed by atoms with Gasteiger partial charge in [0.1, 0.15) is 23.9 Å². The second-order valence-corrected chi connectivity index (χ2v) is 13.8. The van der Waals surface area contributed by atoms with E-state index in [1.807, 2.05) is 0 Å². The minimum absolute atomic E-state index is 0.0115. The van der Waals surface area contributed by atoms with Crippen molar-refractivity contribution in [1.29, 1.82) is 0 Å². The van der Waals surface area contributed by atoms with Crippen LogP contribution in [0, 0.1) is 0 Å². The summed E-state index contributed by atoms with van der Waals surface area (Å²) in [5.74, 6) is 0.576. The second kappa shape index (κ2) is 13.0. The van der Waals surface area contributed by atoms with Crippen LogP contribution in [-0.4, -0.2) is 86.3 Å². The third kappa shape index (κ3) is 6.83. The van der Waals surface area contributed by atoms with E-state index in [-0.39, 0.29) is 40.9 Å². The lowest BCUT2D eigenvalue weighted by molar-refractivity contribution is -0.127. The molecule has 5 rings (SSSR count). The summed E-state index contributed by atoms with van der Waals surface area (Å²) in [5.41, 5.74) is 0.217. The van der Waals surface area contributed by atoms with Gasteiger partial charge in [0.25, 0.3) is 15.9 Å². The predicted molar refractivity (Wildman–Crippen MR) is 158 cm³/mol. The molecule has 1 amide bonds. The van der Waals surface area contributed by atoms with Gasteiger partial charge in [0, 0.05) is 18.1 Å². The molecule has 1 unspecified atom stereocenters. The van der Waals surface area contributed by atoms with Gasteiger partial charge in [-0.1, -0.05) is 11.6 Å². The number of hydrogen-bond acceptors (Lipinski definition) is 9. The number of rotatable bonds is 10. The first-order valence-corrected chi connectivity index (χ1v) is 16.6. The number of fused-ring (bicyclic) bond motifs is 1. The summed E-state index contributed by atoms with van der Waals surface area (Å²) < 4.78 is 77.1. The van der Waals surface area contributed by atoms with Crippen molar-refractivity contribution in [2.45, 2.75) is 15.9 Å². The Hall–Kier alpha value is -3.56. The number of anilines is 1. The molecule has 0 saturated carbocycles. The summed E-state index contributed by atoms with van der Waals surface area (Å²) in [5, 5.41) is 3.01. The molecule has 2 heterocycles. The molecule has 3 aromatic carbocycles. The third-order valence-electron chi connectivity index (χ3n) is 6.83. The highest BCUT2D eigenvalue weighted by Gasteiger charge is 2.37. The lowest BCUT2D eigenvalue weighted by Gasteiger charge is -2.34. The fourth-order valence-corrected chi connectivity index (χ4v) is 7.61. The quantitative estimate of drug-likeness (QED) is 0.328. The monoisotopic (exact) mass is 651 g/mol. The second-order valence-electron chi connectivity index (χ2n) is 9.56. The summed E-state index contributed by atoms with van der Waals surface area (Å²) in [6, 6.07) is 16.5. The molecule has 2 aliphatic heterocycles. The van der Waals surface area contributed by atoms with Crippen molar-refractivity contribution in [2.75, 3.05) is 57.4 Å². The molecule has 15 heteroatoms. The average Bonchev–Trinajstić information content (AvgIpc) is 3.03. The van der Waals surface area contributed by atoms with Gasteiger partial charge in [-0.15, -0.1) is 0 Å². The van der Waals surface area contributed by atoms with Crippen LogP contribution in [0.5, 0.6) is 17.2 Å². The lowest BCUT2D eigenvalue weighted by atomic mass is 10.2. The minimum atomic E-state index is -4.08. The Morgan fingerprint density at radius 2 is 1.56 bits per heavy atom. The highest BCUT2D eigenvalue weighted by Crippen LogP contribution is 2.39. The number of morpholine rings is 1. The van der Waals surface area contributed by atoms with Gasteiger partial charge in [-0.25, -0.2) is 16.8 Å². The number of carbonyl (C=O) groups is 1. The van der Waals surface area contributed by atoms with Crippen LogP contribution in [0.25, 0.3) is 0 Å². The smallest absolute Gasteiger partial charge is 0.264 e. The van der Waals surface area contributed by atoms with Crippen molar-refractivity contribution < 1.29 is 40.6 Å². The molecule has 0 aliphatic carbocycles. The van der Waals surface area contributed by atoms with Crippen molar-refractivity contribution in [3.8, 4) is 17.2 Å². The van der Waals surface area contributed by atoms with Crippen molar-refractivity contribution in [2.24, 2.45) is 0 Å². The van der Waals surface area contributed by atoms with E-state index in [9.17, 15) is 21.6 Å². The zero-order valence-corrected chi connectivity index (χ0v) is 25.5. The Bertz CT molecular complexity index is 1660. The first-order chi connectivity index (χ1) is 20.6. The Morgan fingerprint density at radius 3 is 2.21 bits per heavy atom. The van der Waals surface area contributed by atoms with Gasteiger partial charge >= 0.3 is 0 Å². The zero-order valence-electron chi connectivity index (χ0n) is 23.1. The van der Waals surface area contributed by atoms with Crippen molar-refractivity contribution in [3.63, 3.8) is 0 Å². The highest BCUT2D eigenvalue weighted by molar-refractivity contribution is 7.92. The standard InChI is InChI=1S/C28H30ClN3O9S2/c1-38-21-3-7-24(8-4-21)43(36,37)32-19-27(41-26-11-2-20(29)18-25(26)32)28(33)30-12-15-40-22-5-9-23(10-6-22)42(34,35)31-13-16-39-17-14-31/h2-11,18,27H,12-17,19H2,1H3,(H,30,33). The van der Waals surface area contributed by atoms with Crippen molar-refractivity contribution in [3.05, 3.63) is 71.8 Å². The molecule has 1 fully saturated rings. The predicted octanol–water partition coefficient (Wildman–Crippen LogP) is 2.52. The topological polar surface area (TPSA) is 141 Å². The van der Waals surface area contributed by atoms with Crippen LogP contribution < -0.4 is 23.8 Å².